The molecule has 7 nitrogen and oxygen atoms in total. The zero-order valence-corrected chi connectivity index (χ0v) is 20.1. The molecule has 4 rings (SSSR count). The van der Waals surface area contributed by atoms with Crippen LogP contribution in [0, 0.1) is 0 Å². The summed E-state index contributed by atoms with van der Waals surface area (Å²) in [7, 11) is 0. The first-order chi connectivity index (χ1) is 16.3. The third-order valence-electron chi connectivity index (χ3n) is 5.13. The fourth-order valence-corrected chi connectivity index (χ4v) is 3.90. The fourth-order valence-electron chi connectivity index (χ4n) is 3.27. The average Bonchev–Trinajstić information content (AvgIpc) is 3.52. The first kappa shape index (κ1) is 23.4. The minimum absolute atomic E-state index is 0.236. The van der Waals surface area contributed by atoms with Crippen molar-refractivity contribution in [3.63, 3.8) is 0 Å². The van der Waals surface area contributed by atoms with E-state index in [-0.39, 0.29) is 17.2 Å². The van der Waals surface area contributed by atoms with E-state index in [1.807, 2.05) is 74.7 Å². The van der Waals surface area contributed by atoms with Gasteiger partial charge in [-0.15, -0.1) is 11.3 Å². The Bertz CT molecular complexity index is 1240. The number of nitrogens with zero attached hydrogens (tertiary/aromatic N) is 2. The van der Waals surface area contributed by atoms with Gasteiger partial charge in [0.05, 0.1) is 4.88 Å². The van der Waals surface area contributed by atoms with Crippen LogP contribution in [-0.2, 0) is 16.6 Å². The molecule has 0 aliphatic heterocycles. The van der Waals surface area contributed by atoms with Gasteiger partial charge in [0.15, 0.2) is 0 Å². The third-order valence-corrected chi connectivity index (χ3v) is 6.00. The van der Waals surface area contributed by atoms with Gasteiger partial charge >= 0.3 is 0 Å². The van der Waals surface area contributed by atoms with Crippen molar-refractivity contribution >= 4 is 28.8 Å². The third kappa shape index (κ3) is 5.77. The van der Waals surface area contributed by atoms with E-state index in [1.54, 1.807) is 18.2 Å². The lowest BCUT2D eigenvalue weighted by Gasteiger charge is -2.18. The number of thiophene rings is 1. The first-order valence-electron chi connectivity index (χ1n) is 10.9. The van der Waals surface area contributed by atoms with Crippen LogP contribution in [0.1, 0.15) is 41.9 Å². The quantitative estimate of drug-likeness (QED) is 0.390. The summed E-state index contributed by atoms with van der Waals surface area (Å²) in [6.07, 6.45) is 0.375. The summed E-state index contributed by atoms with van der Waals surface area (Å²) in [5, 5.41) is 11.7. The van der Waals surface area contributed by atoms with Crippen LogP contribution >= 0.6 is 11.3 Å². The number of rotatable bonds is 7. The highest BCUT2D eigenvalue weighted by Gasteiger charge is 2.24. The predicted octanol–water partition coefficient (Wildman–Crippen LogP) is 5.08. The summed E-state index contributed by atoms with van der Waals surface area (Å²) in [5.41, 5.74) is 2.11. The molecule has 0 radical (unpaired) electrons. The molecule has 2 aromatic carbocycles. The smallest absolute Gasteiger partial charge is 0.262 e. The molecule has 0 aliphatic rings. The Morgan fingerprint density at radius 2 is 1.74 bits per heavy atom. The van der Waals surface area contributed by atoms with Crippen LogP contribution in [0.5, 0.6) is 0 Å². The van der Waals surface area contributed by atoms with E-state index in [2.05, 4.69) is 20.8 Å². The van der Waals surface area contributed by atoms with Gasteiger partial charge in [0.1, 0.15) is 6.04 Å². The highest BCUT2D eigenvalue weighted by atomic mass is 32.1. The second-order valence-corrected chi connectivity index (χ2v) is 9.88. The first-order valence-corrected chi connectivity index (χ1v) is 11.8. The lowest BCUT2D eigenvalue weighted by Crippen LogP contribution is -2.45. The maximum Gasteiger partial charge on any atom is 0.262 e. The molecule has 0 saturated carbocycles. The summed E-state index contributed by atoms with van der Waals surface area (Å²) >= 11 is 1.33. The molecule has 2 N–H and O–H groups in total. The van der Waals surface area contributed by atoms with E-state index in [0.29, 0.717) is 28.7 Å². The van der Waals surface area contributed by atoms with E-state index in [4.69, 9.17) is 4.52 Å². The van der Waals surface area contributed by atoms with E-state index in [1.165, 1.54) is 11.3 Å². The second-order valence-electron chi connectivity index (χ2n) is 8.93. The number of benzene rings is 2. The van der Waals surface area contributed by atoms with Gasteiger partial charge in [-0.2, -0.15) is 4.98 Å². The van der Waals surface area contributed by atoms with Crippen molar-refractivity contribution in [2.24, 2.45) is 0 Å². The van der Waals surface area contributed by atoms with Crippen molar-refractivity contribution in [3.8, 4) is 11.4 Å². The molecule has 8 heteroatoms. The fraction of sp³-hybridized carbons (Fsp3) is 0.231. The van der Waals surface area contributed by atoms with Gasteiger partial charge in [-0.05, 0) is 41.3 Å². The van der Waals surface area contributed by atoms with Crippen molar-refractivity contribution in [1.29, 1.82) is 0 Å². The van der Waals surface area contributed by atoms with Crippen molar-refractivity contribution in [3.05, 3.63) is 88.4 Å². The molecule has 1 unspecified atom stereocenters. The van der Waals surface area contributed by atoms with Crippen molar-refractivity contribution < 1.29 is 14.1 Å². The maximum absolute atomic E-state index is 13.1. The highest BCUT2D eigenvalue weighted by molar-refractivity contribution is 7.12. The van der Waals surface area contributed by atoms with Gasteiger partial charge in [-0.25, -0.2) is 0 Å². The summed E-state index contributed by atoms with van der Waals surface area (Å²) in [6.45, 7) is 6.02. The number of carbonyl (C=O) groups is 2. The molecule has 0 spiro atoms. The standard InChI is InChI=1S/C26H26N4O3S/c1-26(2,3)25-29-22(30-33-25)18-11-13-19(14-12-18)27-23(31)20(16-17-8-5-4-6-9-17)28-24(32)21-10-7-15-34-21/h4-15,20H,16H2,1-3H3,(H,27,31)(H,28,32). The molecular formula is C26H26N4O3S. The van der Waals surface area contributed by atoms with Crippen molar-refractivity contribution in [1.82, 2.24) is 15.5 Å². The Kier molecular flexibility index (Phi) is 6.88. The minimum Gasteiger partial charge on any atom is -0.339 e. The Balaban J connectivity index is 1.47. The molecule has 1 atom stereocenters. The van der Waals surface area contributed by atoms with Gasteiger partial charge in [0.2, 0.25) is 17.6 Å². The molecule has 4 aromatic rings. The van der Waals surface area contributed by atoms with Crippen LogP contribution in [0.4, 0.5) is 5.69 Å². The van der Waals surface area contributed by atoms with Gasteiger partial charge < -0.3 is 15.2 Å². The van der Waals surface area contributed by atoms with Crippen LogP contribution in [-0.4, -0.2) is 28.0 Å². The van der Waals surface area contributed by atoms with Gasteiger partial charge in [0, 0.05) is 23.1 Å². The number of carbonyl (C=O) groups excluding carboxylic acids is 2. The Morgan fingerprint density at radius 1 is 1.00 bits per heavy atom. The van der Waals surface area contributed by atoms with E-state index < -0.39 is 6.04 Å². The van der Waals surface area contributed by atoms with Crippen molar-refractivity contribution in [2.75, 3.05) is 5.32 Å². The summed E-state index contributed by atoms with van der Waals surface area (Å²) < 4.78 is 5.36. The number of hydrogen-bond acceptors (Lipinski definition) is 6. The number of nitrogens with one attached hydrogen (secondary N) is 2. The Hall–Kier alpha value is -3.78. The molecule has 0 aliphatic carbocycles. The zero-order valence-electron chi connectivity index (χ0n) is 19.2. The molecular weight excluding hydrogens is 448 g/mol. The molecule has 2 amide bonds. The number of hydrogen-bond donors (Lipinski definition) is 2. The van der Waals surface area contributed by atoms with Crippen LogP contribution in [0.3, 0.4) is 0 Å². The van der Waals surface area contributed by atoms with Crippen molar-refractivity contribution in [2.45, 2.75) is 38.6 Å². The molecule has 0 fully saturated rings. The van der Waals surface area contributed by atoms with Gasteiger partial charge in [-0.1, -0.05) is 62.3 Å². The van der Waals surface area contributed by atoms with Gasteiger partial charge in [0.25, 0.3) is 5.91 Å². The largest absolute Gasteiger partial charge is 0.339 e. The predicted molar refractivity (Wildman–Crippen MR) is 133 cm³/mol. The van der Waals surface area contributed by atoms with Crippen LogP contribution in [0.2, 0.25) is 0 Å². The van der Waals surface area contributed by atoms with E-state index in [9.17, 15) is 9.59 Å². The normalized spacial score (nSPS) is 12.2. The molecule has 0 bridgehead atoms. The molecule has 34 heavy (non-hydrogen) atoms. The van der Waals surface area contributed by atoms with E-state index in [0.717, 1.165) is 11.1 Å². The Morgan fingerprint density at radius 3 is 2.35 bits per heavy atom. The molecule has 2 aromatic heterocycles. The molecule has 174 valence electrons. The SMILES string of the molecule is CC(C)(C)c1nc(-c2ccc(NC(=O)C(Cc3ccccc3)NC(=O)c3cccs3)cc2)no1. The molecule has 0 saturated heterocycles. The van der Waals surface area contributed by atoms with Gasteiger partial charge in [-0.3, -0.25) is 9.59 Å². The number of amides is 2. The number of anilines is 1. The molecule has 2 heterocycles. The van der Waals surface area contributed by atoms with Crippen LogP contribution in [0.15, 0.2) is 76.6 Å². The van der Waals surface area contributed by atoms with E-state index >= 15 is 0 Å². The summed E-state index contributed by atoms with van der Waals surface area (Å²) in [5.74, 6) is 0.488. The average molecular weight is 475 g/mol. The number of aromatic nitrogens is 2. The second kappa shape index (κ2) is 10.0. The van der Waals surface area contributed by atoms with Crippen LogP contribution < -0.4 is 10.6 Å². The maximum atomic E-state index is 13.1. The summed E-state index contributed by atoms with van der Waals surface area (Å²) in [4.78, 5) is 30.8. The lowest BCUT2D eigenvalue weighted by atomic mass is 9.97. The Labute approximate surface area is 202 Å². The minimum atomic E-state index is -0.733. The summed E-state index contributed by atoms with van der Waals surface area (Å²) in [6, 6.07) is 19.6. The lowest BCUT2D eigenvalue weighted by molar-refractivity contribution is -0.118. The topological polar surface area (TPSA) is 97.1 Å². The monoisotopic (exact) mass is 474 g/mol. The zero-order chi connectivity index (χ0) is 24.1. The highest BCUT2D eigenvalue weighted by Crippen LogP contribution is 2.24. The van der Waals surface area contributed by atoms with Crippen LogP contribution in [0.25, 0.3) is 11.4 Å².